The first-order chi connectivity index (χ1) is 25.0. The number of unbranched alkanes of at least 4 members (excludes halogenated alkanes) is 1. The molecule has 1 saturated heterocycles. The number of anilines is 1. The fraction of sp³-hybridized carbons (Fsp3) is 0.634. The first kappa shape index (κ1) is 37.7. The Labute approximate surface area is 315 Å². The molecule has 1 amide bonds. The van der Waals surface area contributed by atoms with Gasteiger partial charge < -0.3 is 19.1 Å². The summed E-state index contributed by atoms with van der Waals surface area (Å²) >= 11 is 6.49. The van der Waals surface area contributed by atoms with Gasteiger partial charge in [0, 0.05) is 49.3 Å². The van der Waals surface area contributed by atoms with Gasteiger partial charge in [0.25, 0.3) is 5.91 Å². The Balaban J connectivity index is 1.25. The lowest BCUT2D eigenvalue weighted by molar-refractivity contribution is -0.0815. The van der Waals surface area contributed by atoms with E-state index in [4.69, 9.17) is 25.8 Å². The second-order valence-electron chi connectivity index (χ2n) is 16.1. The van der Waals surface area contributed by atoms with Crippen molar-refractivity contribution in [3.63, 3.8) is 0 Å². The molecule has 3 heterocycles. The SMILES string of the molecule is CO[C@]1(CCCCN2CCOCC2)/C=C/C[C@H](C)[C@@H](C)S(=O)(=O)NC(=O)c2ccc3c(c2)N(C[C@@H]2CC[C@H]21)C[C@@]1(CCCc2cc(Cl)ccc21)CO3. The minimum absolute atomic E-state index is 0.206. The average Bonchev–Trinajstić information content (AvgIpc) is 3.27. The first-order valence-corrected chi connectivity index (χ1v) is 21.3. The molecule has 1 saturated carbocycles. The van der Waals surface area contributed by atoms with E-state index in [-0.39, 0.29) is 11.3 Å². The number of hydrogen-bond acceptors (Lipinski definition) is 8. The molecule has 3 aliphatic heterocycles. The molecule has 0 aromatic heterocycles. The van der Waals surface area contributed by atoms with E-state index in [0.29, 0.717) is 30.4 Å². The van der Waals surface area contributed by atoms with E-state index in [1.165, 1.54) is 11.1 Å². The summed E-state index contributed by atoms with van der Waals surface area (Å²) in [6.45, 7) is 10.3. The van der Waals surface area contributed by atoms with Crippen LogP contribution in [-0.2, 0) is 31.3 Å². The predicted octanol–water partition coefficient (Wildman–Crippen LogP) is 6.77. The van der Waals surface area contributed by atoms with Gasteiger partial charge in [0.05, 0.1) is 36.4 Å². The van der Waals surface area contributed by atoms with Crippen molar-refractivity contribution >= 4 is 33.2 Å². The Hall–Kier alpha value is -2.63. The van der Waals surface area contributed by atoms with E-state index in [2.05, 4.69) is 38.8 Å². The number of aryl methyl sites for hydroxylation is 1. The van der Waals surface area contributed by atoms with E-state index in [1.807, 2.05) is 32.2 Å². The molecule has 2 aromatic carbocycles. The van der Waals surface area contributed by atoms with Crippen molar-refractivity contribution < 1.29 is 27.4 Å². The summed E-state index contributed by atoms with van der Waals surface area (Å²) in [4.78, 5) is 18.5. The van der Waals surface area contributed by atoms with Gasteiger partial charge in [-0.15, -0.1) is 0 Å². The normalized spacial score (nSPS) is 32.8. The van der Waals surface area contributed by atoms with Crippen molar-refractivity contribution in [1.82, 2.24) is 9.62 Å². The molecule has 0 radical (unpaired) electrons. The van der Waals surface area contributed by atoms with Crippen molar-refractivity contribution in [2.45, 2.75) is 87.9 Å². The standard InChI is InChI=1S/C41H56ClN3O6S/c1-29-8-6-18-41(49-3,17-4-5-19-44-20-22-50-23-21-44)36-13-10-33(36)26-45-27-40(16-7-9-31-24-34(42)12-14-35(31)40)28-51-38-15-11-32(25-37(38)45)39(46)43-52(47,48)30(29)2/h6,11-12,14-15,18,24-25,29-30,33,36H,4-5,7-10,13,16-17,19-23,26-28H2,1-3H3,(H,43,46)/b18-6+/t29-,30+,33-,36+,40-,41+/m0/s1. The third kappa shape index (κ3) is 7.65. The molecule has 2 aliphatic carbocycles. The zero-order valence-electron chi connectivity index (χ0n) is 31.1. The highest BCUT2D eigenvalue weighted by Gasteiger charge is 2.49. The monoisotopic (exact) mass is 753 g/mol. The number of morpholine rings is 1. The van der Waals surface area contributed by atoms with Crippen LogP contribution in [0.2, 0.25) is 5.02 Å². The van der Waals surface area contributed by atoms with Crippen molar-refractivity contribution in [3.8, 4) is 5.75 Å². The smallest absolute Gasteiger partial charge is 0.264 e. The van der Waals surface area contributed by atoms with Crippen LogP contribution in [0.5, 0.6) is 5.75 Å². The lowest BCUT2D eigenvalue weighted by Crippen LogP contribution is -2.53. The van der Waals surface area contributed by atoms with E-state index >= 15 is 0 Å². The summed E-state index contributed by atoms with van der Waals surface area (Å²) in [6.07, 6.45) is 13.2. The van der Waals surface area contributed by atoms with Crippen LogP contribution in [0, 0.1) is 17.8 Å². The van der Waals surface area contributed by atoms with Crippen molar-refractivity contribution in [2.24, 2.45) is 17.8 Å². The van der Waals surface area contributed by atoms with E-state index < -0.39 is 26.8 Å². The zero-order valence-corrected chi connectivity index (χ0v) is 32.7. The highest BCUT2D eigenvalue weighted by molar-refractivity contribution is 7.90. The fourth-order valence-electron chi connectivity index (χ4n) is 9.51. The maximum atomic E-state index is 13.6. The van der Waals surface area contributed by atoms with Gasteiger partial charge in [-0.1, -0.05) is 36.7 Å². The number of fused-ring (bicyclic) bond motifs is 4. The molecule has 52 heavy (non-hydrogen) atoms. The molecule has 2 fully saturated rings. The quantitative estimate of drug-likeness (QED) is 0.255. The second kappa shape index (κ2) is 15.6. The van der Waals surface area contributed by atoms with Crippen LogP contribution in [0.3, 0.4) is 0 Å². The van der Waals surface area contributed by atoms with Gasteiger partial charge in [-0.3, -0.25) is 9.69 Å². The van der Waals surface area contributed by atoms with Gasteiger partial charge in [0.15, 0.2) is 0 Å². The molecule has 2 bridgehead atoms. The van der Waals surface area contributed by atoms with Crippen LogP contribution in [0.4, 0.5) is 5.69 Å². The third-order valence-electron chi connectivity index (χ3n) is 13.0. The number of nitrogens with one attached hydrogen (secondary N) is 1. The maximum absolute atomic E-state index is 13.6. The number of ether oxygens (including phenoxy) is 3. The Morgan fingerprint density at radius 3 is 2.67 bits per heavy atom. The number of rotatable bonds is 6. The number of sulfonamides is 1. The largest absolute Gasteiger partial charge is 0.490 e. The molecule has 9 nitrogen and oxygen atoms in total. The molecular formula is C41H56ClN3O6S. The van der Waals surface area contributed by atoms with Crippen LogP contribution in [0.25, 0.3) is 0 Å². The fourth-order valence-corrected chi connectivity index (χ4v) is 11.0. The number of carbonyl (C=O) groups excluding carboxylic acids is 1. The van der Waals surface area contributed by atoms with Crippen molar-refractivity contribution in [3.05, 3.63) is 70.3 Å². The lowest BCUT2D eigenvalue weighted by atomic mass is 9.62. The van der Waals surface area contributed by atoms with Gasteiger partial charge in [-0.05, 0) is 130 Å². The second-order valence-corrected chi connectivity index (χ2v) is 18.6. The molecule has 7 rings (SSSR count). The van der Waals surface area contributed by atoms with Crippen molar-refractivity contribution in [1.29, 1.82) is 0 Å². The van der Waals surface area contributed by atoms with Crippen molar-refractivity contribution in [2.75, 3.05) is 64.6 Å². The molecule has 6 atom stereocenters. The summed E-state index contributed by atoms with van der Waals surface area (Å²) < 4.78 is 48.4. The number of amides is 1. The number of benzene rings is 2. The Bertz CT molecular complexity index is 1750. The van der Waals surface area contributed by atoms with Gasteiger partial charge >= 0.3 is 0 Å². The Kier molecular flexibility index (Phi) is 11.3. The van der Waals surface area contributed by atoms with E-state index in [1.54, 1.807) is 13.0 Å². The third-order valence-corrected chi connectivity index (χ3v) is 15.2. The number of nitrogens with zero attached hydrogens (tertiary/aromatic N) is 2. The lowest BCUT2D eigenvalue weighted by Gasteiger charge is -2.51. The number of hydrogen-bond donors (Lipinski definition) is 1. The summed E-state index contributed by atoms with van der Waals surface area (Å²) in [7, 11) is -2.09. The molecule has 5 aliphatic rings. The van der Waals surface area contributed by atoms with Crippen LogP contribution in [0.15, 0.2) is 48.6 Å². The van der Waals surface area contributed by atoms with Gasteiger partial charge in [0.1, 0.15) is 5.75 Å². The Morgan fingerprint density at radius 1 is 1.08 bits per heavy atom. The van der Waals surface area contributed by atoms with Crippen LogP contribution in [0.1, 0.15) is 86.7 Å². The average molecular weight is 754 g/mol. The molecule has 1 N–H and O–H groups in total. The van der Waals surface area contributed by atoms with E-state index in [0.717, 1.165) is 114 Å². The van der Waals surface area contributed by atoms with Gasteiger partial charge in [-0.25, -0.2) is 13.1 Å². The van der Waals surface area contributed by atoms with Crippen LogP contribution < -0.4 is 14.4 Å². The van der Waals surface area contributed by atoms with E-state index in [9.17, 15) is 13.2 Å². The predicted molar refractivity (Wildman–Crippen MR) is 206 cm³/mol. The first-order valence-electron chi connectivity index (χ1n) is 19.4. The molecule has 11 heteroatoms. The zero-order chi connectivity index (χ0) is 36.5. The van der Waals surface area contributed by atoms with Gasteiger partial charge in [-0.2, -0.15) is 0 Å². The van der Waals surface area contributed by atoms with Gasteiger partial charge in [0.2, 0.25) is 10.0 Å². The number of halogens is 1. The molecule has 0 unspecified atom stereocenters. The summed E-state index contributed by atoms with van der Waals surface area (Å²) in [5.74, 6) is 0.564. The molecule has 2 aromatic rings. The molecule has 284 valence electrons. The van der Waals surface area contributed by atoms with Crippen LogP contribution >= 0.6 is 11.6 Å². The Morgan fingerprint density at radius 2 is 1.90 bits per heavy atom. The van der Waals surface area contributed by atoms with Crippen LogP contribution in [-0.4, -0.2) is 89.7 Å². The highest BCUT2D eigenvalue weighted by atomic mass is 35.5. The molecular weight excluding hydrogens is 698 g/mol. The maximum Gasteiger partial charge on any atom is 0.264 e. The summed E-state index contributed by atoms with van der Waals surface area (Å²) in [6, 6.07) is 11.7. The number of carbonyl (C=O) groups is 1. The minimum atomic E-state index is -3.94. The molecule has 1 spiro atoms. The number of allylic oxidation sites excluding steroid dienone is 1. The number of methoxy groups -OCH3 is 1. The topological polar surface area (TPSA) is 97.4 Å². The summed E-state index contributed by atoms with van der Waals surface area (Å²) in [5.41, 5.74) is 3.00. The highest BCUT2D eigenvalue weighted by Crippen LogP contribution is 2.50. The minimum Gasteiger partial charge on any atom is -0.490 e. The summed E-state index contributed by atoms with van der Waals surface area (Å²) in [5, 5.41) is -0.0181.